The molecule has 116 valence electrons. The van der Waals surface area contributed by atoms with Crippen molar-refractivity contribution in [3.05, 3.63) is 28.4 Å². The van der Waals surface area contributed by atoms with Crippen molar-refractivity contribution in [2.75, 3.05) is 13.7 Å². The summed E-state index contributed by atoms with van der Waals surface area (Å²) in [4.78, 5) is 11.0. The molecule has 6 nitrogen and oxygen atoms in total. The van der Waals surface area contributed by atoms with Crippen LogP contribution >= 0.6 is 15.9 Å². The van der Waals surface area contributed by atoms with Gasteiger partial charge in [-0.1, -0.05) is 5.16 Å². The average molecular weight is 368 g/mol. The molecule has 0 unspecified atom stereocenters. The maximum absolute atomic E-state index is 11.0. The molecular weight excluding hydrogens is 354 g/mol. The van der Waals surface area contributed by atoms with Crippen LogP contribution in [0.4, 0.5) is 0 Å². The molecule has 2 aromatic rings. The molecule has 1 fully saturated rings. The number of rotatable bonds is 6. The van der Waals surface area contributed by atoms with Crippen LogP contribution in [0.3, 0.4) is 0 Å². The Bertz CT molecular complexity index is 708. The lowest BCUT2D eigenvalue weighted by molar-refractivity contribution is 0.0686. The summed E-state index contributed by atoms with van der Waals surface area (Å²) in [7, 11) is 1.56. The third-order valence-electron chi connectivity index (χ3n) is 3.43. The van der Waals surface area contributed by atoms with E-state index in [-0.39, 0.29) is 5.69 Å². The van der Waals surface area contributed by atoms with Crippen LogP contribution in [0.2, 0.25) is 0 Å². The number of carboxylic acids is 1. The van der Waals surface area contributed by atoms with Crippen molar-refractivity contribution >= 4 is 21.9 Å². The first-order chi connectivity index (χ1) is 10.6. The molecule has 1 heterocycles. The summed E-state index contributed by atoms with van der Waals surface area (Å²) in [5.41, 5.74) is 0.442. The molecule has 1 aliphatic rings. The summed E-state index contributed by atoms with van der Waals surface area (Å²) in [6.45, 7) is 0.597. The molecule has 0 bridgehead atoms. The second-order valence-corrected chi connectivity index (χ2v) is 5.94. The number of aromatic carboxylic acids is 1. The lowest BCUT2D eigenvalue weighted by Crippen LogP contribution is -2.02. The Morgan fingerprint density at radius 1 is 1.50 bits per heavy atom. The third kappa shape index (κ3) is 2.94. The lowest BCUT2D eigenvalue weighted by atomic mass is 10.1. The fraction of sp³-hybridized carbons (Fsp3) is 0.333. The van der Waals surface area contributed by atoms with E-state index in [2.05, 4.69) is 21.1 Å². The minimum atomic E-state index is -1.14. The van der Waals surface area contributed by atoms with E-state index in [0.717, 1.165) is 12.8 Å². The summed E-state index contributed by atoms with van der Waals surface area (Å²) in [6.07, 6.45) is 2.33. The molecule has 1 aliphatic carbocycles. The third-order valence-corrected chi connectivity index (χ3v) is 4.09. The van der Waals surface area contributed by atoms with Crippen molar-refractivity contribution in [3.8, 4) is 22.8 Å². The monoisotopic (exact) mass is 367 g/mol. The maximum Gasteiger partial charge on any atom is 0.358 e. The van der Waals surface area contributed by atoms with Crippen LogP contribution in [-0.2, 0) is 0 Å². The zero-order valence-electron chi connectivity index (χ0n) is 11.8. The number of nitrogens with zero attached hydrogens (tertiary/aromatic N) is 1. The van der Waals surface area contributed by atoms with Crippen LogP contribution in [0, 0.1) is 5.92 Å². The largest absolute Gasteiger partial charge is 0.493 e. The van der Waals surface area contributed by atoms with Crippen molar-refractivity contribution in [1.82, 2.24) is 5.16 Å². The van der Waals surface area contributed by atoms with E-state index in [1.165, 1.54) is 6.07 Å². The van der Waals surface area contributed by atoms with Crippen molar-refractivity contribution in [3.63, 3.8) is 0 Å². The molecule has 1 aromatic carbocycles. The van der Waals surface area contributed by atoms with E-state index in [9.17, 15) is 4.79 Å². The fourth-order valence-corrected chi connectivity index (χ4v) is 2.56. The van der Waals surface area contributed by atoms with Gasteiger partial charge in [-0.2, -0.15) is 0 Å². The van der Waals surface area contributed by atoms with Gasteiger partial charge in [0.2, 0.25) is 0 Å². The molecule has 0 aliphatic heterocycles. The Balaban J connectivity index is 2.03. The zero-order chi connectivity index (χ0) is 15.7. The number of hydrogen-bond acceptors (Lipinski definition) is 5. The molecule has 0 saturated heterocycles. The van der Waals surface area contributed by atoms with Crippen LogP contribution < -0.4 is 9.47 Å². The number of carbonyl (C=O) groups is 1. The van der Waals surface area contributed by atoms with Crippen LogP contribution in [0.25, 0.3) is 11.3 Å². The minimum Gasteiger partial charge on any atom is -0.493 e. The molecule has 22 heavy (non-hydrogen) atoms. The summed E-state index contributed by atoms with van der Waals surface area (Å²) >= 11 is 3.45. The van der Waals surface area contributed by atoms with Crippen molar-refractivity contribution in [1.29, 1.82) is 0 Å². The molecule has 7 heteroatoms. The minimum absolute atomic E-state index is 0.155. The van der Waals surface area contributed by atoms with Gasteiger partial charge in [0.1, 0.15) is 0 Å². The van der Waals surface area contributed by atoms with Crippen LogP contribution in [0.15, 0.2) is 27.2 Å². The Morgan fingerprint density at radius 3 is 2.86 bits per heavy atom. The number of ether oxygens (including phenoxy) is 2. The highest BCUT2D eigenvalue weighted by molar-refractivity contribution is 9.10. The highest BCUT2D eigenvalue weighted by atomic mass is 79.9. The van der Waals surface area contributed by atoms with Crippen molar-refractivity contribution in [2.45, 2.75) is 12.8 Å². The van der Waals surface area contributed by atoms with E-state index < -0.39 is 5.97 Å². The number of halogens is 1. The van der Waals surface area contributed by atoms with E-state index in [1.54, 1.807) is 19.2 Å². The van der Waals surface area contributed by atoms with Crippen molar-refractivity contribution in [2.24, 2.45) is 5.92 Å². The molecule has 0 spiro atoms. The Morgan fingerprint density at radius 2 is 2.27 bits per heavy atom. The summed E-state index contributed by atoms with van der Waals surface area (Å²) in [6, 6.07) is 4.94. The highest BCUT2D eigenvalue weighted by Gasteiger charge is 2.26. The SMILES string of the molecule is COc1ccc(Br)c(-c2cc(C(=O)O)no2)c1OCC1CC1. The van der Waals surface area contributed by atoms with Gasteiger partial charge < -0.3 is 19.1 Å². The number of hydrogen-bond donors (Lipinski definition) is 1. The maximum atomic E-state index is 11.0. The van der Waals surface area contributed by atoms with Gasteiger partial charge in [0.15, 0.2) is 23.0 Å². The quantitative estimate of drug-likeness (QED) is 0.839. The average Bonchev–Trinajstić information content (AvgIpc) is 3.20. The topological polar surface area (TPSA) is 81.8 Å². The molecule has 0 amide bonds. The summed E-state index contributed by atoms with van der Waals surface area (Å²) in [5, 5.41) is 12.5. The normalized spacial score (nSPS) is 13.9. The fourth-order valence-electron chi connectivity index (χ4n) is 2.05. The Labute approximate surface area is 135 Å². The molecule has 0 radical (unpaired) electrons. The van der Waals surface area contributed by atoms with E-state index in [0.29, 0.717) is 39.8 Å². The molecule has 0 atom stereocenters. The molecule has 3 rings (SSSR count). The highest BCUT2D eigenvalue weighted by Crippen LogP contribution is 2.44. The van der Waals surface area contributed by atoms with Gasteiger partial charge in [0.05, 0.1) is 19.3 Å². The smallest absolute Gasteiger partial charge is 0.358 e. The second-order valence-electron chi connectivity index (χ2n) is 5.09. The molecule has 1 saturated carbocycles. The standard InChI is InChI=1S/C15H14BrNO5/c1-20-11-5-4-9(16)13(14(11)21-7-8-2-3-8)12-6-10(15(18)19)17-22-12/h4-6,8H,2-3,7H2,1H3,(H,18,19). The zero-order valence-corrected chi connectivity index (χ0v) is 13.4. The van der Waals surface area contributed by atoms with Crippen LogP contribution in [0.5, 0.6) is 11.5 Å². The van der Waals surface area contributed by atoms with Gasteiger partial charge in [-0.25, -0.2) is 4.79 Å². The van der Waals surface area contributed by atoms with E-state index in [1.807, 2.05) is 0 Å². The van der Waals surface area contributed by atoms with Crippen LogP contribution in [0.1, 0.15) is 23.3 Å². The number of benzene rings is 1. The first-order valence-electron chi connectivity index (χ1n) is 6.79. The number of methoxy groups -OCH3 is 1. The van der Waals surface area contributed by atoms with E-state index in [4.69, 9.17) is 19.1 Å². The van der Waals surface area contributed by atoms with Gasteiger partial charge in [-0.3, -0.25) is 0 Å². The van der Waals surface area contributed by atoms with Gasteiger partial charge in [-0.15, -0.1) is 0 Å². The second kappa shape index (κ2) is 6.00. The van der Waals surface area contributed by atoms with Gasteiger partial charge in [-0.05, 0) is 46.8 Å². The molecule has 1 N–H and O–H groups in total. The predicted molar refractivity (Wildman–Crippen MR) is 81.4 cm³/mol. The van der Waals surface area contributed by atoms with Gasteiger partial charge in [0.25, 0.3) is 0 Å². The first kappa shape index (κ1) is 14.9. The first-order valence-corrected chi connectivity index (χ1v) is 7.59. The van der Waals surface area contributed by atoms with Gasteiger partial charge in [0, 0.05) is 10.5 Å². The summed E-state index contributed by atoms with van der Waals surface area (Å²) < 4.78 is 17.1. The lowest BCUT2D eigenvalue weighted by Gasteiger charge is -2.14. The Hall–Kier alpha value is -2.02. The van der Waals surface area contributed by atoms with Crippen molar-refractivity contribution < 1.29 is 23.9 Å². The van der Waals surface area contributed by atoms with E-state index >= 15 is 0 Å². The molecular formula is C15H14BrNO5. The predicted octanol–water partition coefficient (Wildman–Crippen LogP) is 3.60. The number of aromatic nitrogens is 1. The summed E-state index contributed by atoms with van der Waals surface area (Å²) in [5.74, 6) is 0.827. The Kier molecular flexibility index (Phi) is 4.06. The number of carboxylic acid groups (broad SMARTS) is 1. The van der Waals surface area contributed by atoms with Crippen LogP contribution in [-0.4, -0.2) is 29.9 Å². The molecule has 1 aromatic heterocycles. The van der Waals surface area contributed by atoms with Gasteiger partial charge >= 0.3 is 5.97 Å².